The fourth-order valence-electron chi connectivity index (χ4n) is 3.56. The van der Waals surface area contributed by atoms with Gasteiger partial charge in [0.15, 0.2) is 0 Å². The topological polar surface area (TPSA) is 49.4 Å². The van der Waals surface area contributed by atoms with Gasteiger partial charge < -0.3 is 5.32 Å². The van der Waals surface area contributed by atoms with Crippen LogP contribution in [0.4, 0.5) is 0 Å². The molecule has 4 nitrogen and oxygen atoms in total. The Balaban J connectivity index is 2.00. The zero-order chi connectivity index (χ0) is 15.4. The second-order valence-electron chi connectivity index (χ2n) is 6.29. The molecule has 2 fully saturated rings. The van der Waals surface area contributed by atoms with Gasteiger partial charge in [0.05, 0.1) is 14.9 Å². The Morgan fingerprint density at radius 2 is 1.95 bits per heavy atom. The maximum Gasteiger partial charge on any atom is 0.243 e. The molecule has 2 aliphatic heterocycles. The molecule has 1 N–H and O–H groups in total. The summed E-state index contributed by atoms with van der Waals surface area (Å²) in [6.45, 7) is 6.29. The van der Waals surface area contributed by atoms with E-state index in [2.05, 4.69) is 5.32 Å². The summed E-state index contributed by atoms with van der Waals surface area (Å²) in [4.78, 5) is 0.206. The predicted octanol–water partition coefficient (Wildman–Crippen LogP) is 2.61. The number of hydrogen-bond acceptors (Lipinski definition) is 3. The van der Waals surface area contributed by atoms with Gasteiger partial charge in [-0.25, -0.2) is 8.42 Å². The van der Waals surface area contributed by atoms with Gasteiger partial charge in [0.2, 0.25) is 10.0 Å². The average molecular weight is 349 g/mol. The monoisotopic (exact) mass is 348 g/mol. The van der Waals surface area contributed by atoms with Crippen molar-refractivity contribution in [3.05, 3.63) is 28.2 Å². The second kappa shape index (κ2) is 5.10. The van der Waals surface area contributed by atoms with Crippen LogP contribution in [0.15, 0.2) is 23.1 Å². The highest BCUT2D eigenvalue weighted by atomic mass is 35.5. The van der Waals surface area contributed by atoms with Crippen LogP contribution in [-0.4, -0.2) is 37.9 Å². The van der Waals surface area contributed by atoms with Crippen molar-refractivity contribution in [3.63, 3.8) is 0 Å². The van der Waals surface area contributed by atoms with Crippen LogP contribution >= 0.6 is 23.2 Å². The van der Waals surface area contributed by atoms with Crippen molar-refractivity contribution in [1.29, 1.82) is 0 Å². The van der Waals surface area contributed by atoms with Crippen molar-refractivity contribution >= 4 is 33.2 Å². The third kappa shape index (κ3) is 2.39. The fraction of sp³-hybridized carbons (Fsp3) is 0.571. The van der Waals surface area contributed by atoms with E-state index in [-0.39, 0.29) is 9.92 Å². The summed E-state index contributed by atoms with van der Waals surface area (Å²) in [5, 5.41) is 3.97. The van der Waals surface area contributed by atoms with Crippen LogP contribution in [0.5, 0.6) is 0 Å². The molecule has 0 saturated carbocycles. The molecule has 2 unspecified atom stereocenters. The maximum atomic E-state index is 12.9. The Bertz CT molecular complexity index is 676. The minimum atomic E-state index is -3.57. The summed E-state index contributed by atoms with van der Waals surface area (Å²) in [5.41, 5.74) is -0.404. The van der Waals surface area contributed by atoms with Crippen LogP contribution in [0.25, 0.3) is 0 Å². The molecular formula is C14H18Cl2N2O2S. The zero-order valence-electron chi connectivity index (χ0n) is 11.9. The standard InChI is InChI=1S/C14H18Cl2N2O2S/c1-14(2)11-7-17-6-9(11)8-18(14)21(19,20)10-3-4-12(15)13(16)5-10/h3-5,9,11,17H,6-8H2,1-2H3. The fourth-order valence-corrected chi connectivity index (χ4v) is 5.82. The summed E-state index contributed by atoms with van der Waals surface area (Å²) < 4.78 is 27.5. The van der Waals surface area contributed by atoms with E-state index >= 15 is 0 Å². The lowest BCUT2D eigenvalue weighted by Gasteiger charge is -2.34. The van der Waals surface area contributed by atoms with Gasteiger partial charge in [-0.1, -0.05) is 23.2 Å². The summed E-state index contributed by atoms with van der Waals surface area (Å²) in [6.07, 6.45) is 0. The number of fused-ring (bicyclic) bond motifs is 1. The van der Waals surface area contributed by atoms with Crippen LogP contribution < -0.4 is 5.32 Å². The molecule has 21 heavy (non-hydrogen) atoms. The average Bonchev–Trinajstić information content (AvgIpc) is 2.95. The van der Waals surface area contributed by atoms with Crippen LogP contribution in [0, 0.1) is 11.8 Å². The van der Waals surface area contributed by atoms with Gasteiger partial charge in [0.25, 0.3) is 0 Å². The van der Waals surface area contributed by atoms with E-state index in [4.69, 9.17) is 23.2 Å². The van der Waals surface area contributed by atoms with E-state index in [1.807, 2.05) is 13.8 Å². The molecule has 0 radical (unpaired) electrons. The Morgan fingerprint density at radius 1 is 1.24 bits per heavy atom. The molecule has 116 valence electrons. The number of nitrogens with one attached hydrogen (secondary N) is 1. The number of nitrogens with zero attached hydrogens (tertiary/aromatic N) is 1. The molecule has 1 aromatic rings. The second-order valence-corrected chi connectivity index (χ2v) is 8.97. The highest BCUT2D eigenvalue weighted by Crippen LogP contribution is 2.43. The first-order valence-corrected chi connectivity index (χ1v) is 9.13. The maximum absolute atomic E-state index is 12.9. The van der Waals surface area contributed by atoms with E-state index < -0.39 is 15.6 Å². The Hall–Kier alpha value is -0.330. The van der Waals surface area contributed by atoms with Crippen molar-refractivity contribution < 1.29 is 8.42 Å². The number of benzene rings is 1. The first-order valence-electron chi connectivity index (χ1n) is 6.93. The van der Waals surface area contributed by atoms with Crippen molar-refractivity contribution in [2.75, 3.05) is 19.6 Å². The molecule has 2 aliphatic rings. The Morgan fingerprint density at radius 3 is 2.57 bits per heavy atom. The molecule has 2 saturated heterocycles. The number of sulfonamides is 1. The lowest BCUT2D eigenvalue weighted by atomic mass is 9.85. The van der Waals surface area contributed by atoms with E-state index in [0.717, 1.165) is 13.1 Å². The lowest BCUT2D eigenvalue weighted by Crippen LogP contribution is -2.47. The van der Waals surface area contributed by atoms with E-state index in [1.165, 1.54) is 18.2 Å². The van der Waals surface area contributed by atoms with Crippen molar-refractivity contribution in [2.24, 2.45) is 11.8 Å². The van der Waals surface area contributed by atoms with E-state index in [9.17, 15) is 8.42 Å². The van der Waals surface area contributed by atoms with Crippen LogP contribution in [0.1, 0.15) is 13.8 Å². The SMILES string of the molecule is CC1(C)C2CNCC2CN1S(=O)(=O)c1ccc(Cl)c(Cl)c1. The normalized spacial score (nSPS) is 28.8. The highest BCUT2D eigenvalue weighted by molar-refractivity contribution is 7.89. The molecule has 0 bridgehead atoms. The van der Waals surface area contributed by atoms with Crippen molar-refractivity contribution in [3.8, 4) is 0 Å². The number of halogens is 2. The number of hydrogen-bond donors (Lipinski definition) is 1. The van der Waals surface area contributed by atoms with E-state index in [0.29, 0.717) is 23.4 Å². The van der Waals surface area contributed by atoms with Gasteiger partial charge in [-0.2, -0.15) is 4.31 Å². The zero-order valence-corrected chi connectivity index (χ0v) is 14.3. The van der Waals surface area contributed by atoms with Gasteiger partial charge in [0, 0.05) is 18.6 Å². The number of rotatable bonds is 2. The van der Waals surface area contributed by atoms with Gasteiger partial charge in [-0.3, -0.25) is 0 Å². The summed E-state index contributed by atoms with van der Waals surface area (Å²) in [7, 11) is -3.57. The third-order valence-corrected chi connectivity index (χ3v) is 7.56. The Kier molecular flexibility index (Phi) is 3.78. The molecular weight excluding hydrogens is 331 g/mol. The summed E-state index contributed by atoms with van der Waals surface area (Å²) >= 11 is 11.8. The third-order valence-electron chi connectivity index (χ3n) is 4.77. The first-order chi connectivity index (χ1) is 9.74. The summed E-state index contributed by atoms with van der Waals surface area (Å²) in [5.74, 6) is 0.715. The molecule has 0 amide bonds. The smallest absolute Gasteiger partial charge is 0.243 e. The van der Waals surface area contributed by atoms with Gasteiger partial charge in [-0.05, 0) is 50.4 Å². The molecule has 2 atom stereocenters. The minimum Gasteiger partial charge on any atom is -0.316 e. The molecule has 0 aliphatic carbocycles. The largest absolute Gasteiger partial charge is 0.316 e. The lowest BCUT2D eigenvalue weighted by molar-refractivity contribution is 0.233. The van der Waals surface area contributed by atoms with Gasteiger partial charge in [-0.15, -0.1) is 0 Å². The van der Waals surface area contributed by atoms with Gasteiger partial charge >= 0.3 is 0 Å². The highest BCUT2D eigenvalue weighted by Gasteiger charge is 2.54. The molecule has 3 rings (SSSR count). The van der Waals surface area contributed by atoms with Gasteiger partial charge in [0.1, 0.15) is 0 Å². The van der Waals surface area contributed by atoms with Crippen LogP contribution in [0.3, 0.4) is 0 Å². The molecule has 1 aromatic carbocycles. The van der Waals surface area contributed by atoms with Crippen LogP contribution in [0.2, 0.25) is 10.0 Å². The summed E-state index contributed by atoms with van der Waals surface area (Å²) in [6, 6.07) is 4.48. The van der Waals surface area contributed by atoms with Crippen molar-refractivity contribution in [1.82, 2.24) is 9.62 Å². The molecule has 0 aromatic heterocycles. The molecule has 0 spiro atoms. The molecule has 7 heteroatoms. The minimum absolute atomic E-state index is 0.206. The van der Waals surface area contributed by atoms with E-state index in [1.54, 1.807) is 4.31 Å². The van der Waals surface area contributed by atoms with Crippen molar-refractivity contribution in [2.45, 2.75) is 24.3 Å². The quantitative estimate of drug-likeness (QED) is 0.893. The van der Waals surface area contributed by atoms with Crippen LogP contribution in [-0.2, 0) is 10.0 Å². The Labute approximate surface area is 135 Å². The predicted molar refractivity (Wildman–Crippen MR) is 84.3 cm³/mol. The first kappa shape index (κ1) is 15.6. The molecule has 2 heterocycles.